The maximum atomic E-state index is 13.2. The Labute approximate surface area is 184 Å². The number of nitrogens with zero attached hydrogens (tertiary/aromatic N) is 1. The Kier molecular flexibility index (Phi) is 7.64. The number of hydrogen-bond acceptors (Lipinski definition) is 4. The number of aliphatic hydroxyl groups is 1. The van der Waals surface area contributed by atoms with Gasteiger partial charge in [-0.25, -0.2) is 0 Å². The molecule has 0 fully saturated rings. The summed E-state index contributed by atoms with van der Waals surface area (Å²) in [6, 6.07) is 17.1. The highest BCUT2D eigenvalue weighted by atomic mass is 16.5. The van der Waals surface area contributed by atoms with Gasteiger partial charge in [0.15, 0.2) is 11.5 Å². The Hall–Kier alpha value is -2.92. The van der Waals surface area contributed by atoms with E-state index in [1.165, 1.54) is 5.56 Å². The van der Waals surface area contributed by atoms with Gasteiger partial charge in [0.1, 0.15) is 0 Å². The first-order valence-electron chi connectivity index (χ1n) is 10.8. The van der Waals surface area contributed by atoms with Gasteiger partial charge in [-0.15, -0.1) is 0 Å². The van der Waals surface area contributed by atoms with Crippen LogP contribution in [0.2, 0.25) is 0 Å². The zero-order valence-electron chi connectivity index (χ0n) is 18.5. The first-order valence-corrected chi connectivity index (χ1v) is 10.8. The number of carbonyl (C=O) groups is 2. The van der Waals surface area contributed by atoms with Crippen LogP contribution in [0.25, 0.3) is 0 Å². The molecule has 0 bridgehead atoms. The van der Waals surface area contributed by atoms with Gasteiger partial charge in [-0.1, -0.05) is 68.4 Å². The van der Waals surface area contributed by atoms with Crippen molar-refractivity contribution in [1.29, 1.82) is 0 Å². The Balaban J connectivity index is 1.89. The second-order valence-corrected chi connectivity index (χ2v) is 8.24. The molecule has 1 heterocycles. The van der Waals surface area contributed by atoms with Gasteiger partial charge in [-0.2, -0.15) is 0 Å². The molecule has 31 heavy (non-hydrogen) atoms. The molecule has 0 saturated heterocycles. The van der Waals surface area contributed by atoms with Crippen molar-refractivity contribution in [3.63, 3.8) is 0 Å². The maximum absolute atomic E-state index is 13.2. The minimum atomic E-state index is -0.575. The van der Waals surface area contributed by atoms with Crippen molar-refractivity contribution in [3.8, 4) is 0 Å². The first kappa shape index (κ1) is 22.8. The molecule has 5 nitrogen and oxygen atoms in total. The number of aliphatic hydroxyl groups excluding tert-OH is 1. The van der Waals surface area contributed by atoms with E-state index in [1.54, 1.807) is 12.0 Å². The van der Waals surface area contributed by atoms with E-state index in [1.807, 2.05) is 54.6 Å². The van der Waals surface area contributed by atoms with Crippen molar-refractivity contribution in [2.75, 3.05) is 20.3 Å². The normalized spacial score (nSPS) is 16.5. The molecule has 0 aromatic heterocycles. The number of aryl methyl sites for hydroxylation is 1. The predicted molar refractivity (Wildman–Crippen MR) is 121 cm³/mol. The van der Waals surface area contributed by atoms with Crippen molar-refractivity contribution < 1.29 is 19.4 Å². The summed E-state index contributed by atoms with van der Waals surface area (Å²) in [5.41, 5.74) is 3.28. The number of rotatable bonds is 10. The van der Waals surface area contributed by atoms with Crippen LogP contribution >= 0.6 is 0 Å². The summed E-state index contributed by atoms with van der Waals surface area (Å²) in [4.78, 5) is 27.7. The number of amides is 1. The second-order valence-electron chi connectivity index (χ2n) is 8.24. The van der Waals surface area contributed by atoms with E-state index in [-0.39, 0.29) is 17.8 Å². The van der Waals surface area contributed by atoms with Gasteiger partial charge in [0.05, 0.1) is 11.6 Å². The summed E-state index contributed by atoms with van der Waals surface area (Å²) < 4.78 is 5.13. The number of Topliss-reactive ketones (excluding diaryl/α,β-unsaturated/α-hetero) is 1. The smallest absolute Gasteiger partial charge is 0.290 e. The molecule has 0 radical (unpaired) electrons. The number of ketones is 1. The fourth-order valence-electron chi connectivity index (χ4n) is 4.00. The molecular formula is C26H31NO4. The van der Waals surface area contributed by atoms with Crippen LogP contribution in [0.3, 0.4) is 0 Å². The lowest BCUT2D eigenvalue weighted by Gasteiger charge is -2.27. The summed E-state index contributed by atoms with van der Waals surface area (Å²) in [6.07, 6.45) is 1.43. The van der Waals surface area contributed by atoms with Gasteiger partial charge in [-0.05, 0) is 35.4 Å². The summed E-state index contributed by atoms with van der Waals surface area (Å²) in [5, 5.41) is 10.7. The summed E-state index contributed by atoms with van der Waals surface area (Å²) >= 11 is 0. The van der Waals surface area contributed by atoms with Crippen LogP contribution in [-0.2, 0) is 20.7 Å². The van der Waals surface area contributed by atoms with Gasteiger partial charge in [0.25, 0.3) is 5.91 Å². The van der Waals surface area contributed by atoms with Gasteiger partial charge in [0.2, 0.25) is 0 Å². The van der Waals surface area contributed by atoms with Crippen molar-refractivity contribution in [2.24, 2.45) is 0 Å². The van der Waals surface area contributed by atoms with Crippen molar-refractivity contribution in [3.05, 3.63) is 82.6 Å². The highest BCUT2D eigenvalue weighted by molar-refractivity contribution is 6.09. The third-order valence-electron chi connectivity index (χ3n) is 5.75. The molecule has 164 valence electrons. The van der Waals surface area contributed by atoms with Crippen molar-refractivity contribution in [1.82, 2.24) is 4.90 Å². The molecule has 0 spiro atoms. The molecule has 1 N–H and O–H groups in total. The zero-order chi connectivity index (χ0) is 22.4. The predicted octanol–water partition coefficient (Wildman–Crippen LogP) is 4.74. The van der Waals surface area contributed by atoms with Crippen LogP contribution in [0.5, 0.6) is 0 Å². The quantitative estimate of drug-likeness (QED) is 0.563. The minimum Gasteiger partial charge on any atom is -0.503 e. The molecule has 1 aliphatic heterocycles. The van der Waals surface area contributed by atoms with E-state index >= 15 is 0 Å². The third kappa shape index (κ3) is 5.23. The largest absolute Gasteiger partial charge is 0.503 e. The van der Waals surface area contributed by atoms with Gasteiger partial charge < -0.3 is 14.7 Å². The van der Waals surface area contributed by atoms with Crippen molar-refractivity contribution in [2.45, 2.75) is 45.1 Å². The molecule has 1 aliphatic rings. The maximum Gasteiger partial charge on any atom is 0.290 e. The van der Waals surface area contributed by atoms with E-state index in [0.717, 1.165) is 11.1 Å². The topological polar surface area (TPSA) is 66.8 Å². The van der Waals surface area contributed by atoms with E-state index in [9.17, 15) is 14.7 Å². The molecule has 1 atom stereocenters. The second kappa shape index (κ2) is 10.4. The van der Waals surface area contributed by atoms with E-state index in [4.69, 9.17) is 4.74 Å². The first-order chi connectivity index (χ1) is 14.9. The lowest BCUT2D eigenvalue weighted by molar-refractivity contribution is -0.129. The van der Waals surface area contributed by atoms with Gasteiger partial charge in [-0.3, -0.25) is 9.59 Å². The van der Waals surface area contributed by atoms with Gasteiger partial charge >= 0.3 is 0 Å². The number of hydrogen-bond donors (Lipinski definition) is 1. The average Bonchev–Trinajstić information content (AvgIpc) is 3.03. The Morgan fingerprint density at radius 1 is 1.10 bits per heavy atom. The van der Waals surface area contributed by atoms with Crippen LogP contribution in [0, 0.1) is 0 Å². The third-order valence-corrected chi connectivity index (χ3v) is 5.75. The monoisotopic (exact) mass is 421 g/mol. The van der Waals surface area contributed by atoms with E-state index < -0.39 is 17.7 Å². The Bertz CT molecular complexity index is 932. The fourth-order valence-corrected chi connectivity index (χ4v) is 4.00. The number of benzene rings is 2. The molecule has 5 heteroatoms. The Morgan fingerprint density at radius 2 is 1.77 bits per heavy atom. The summed E-state index contributed by atoms with van der Waals surface area (Å²) in [6.45, 7) is 5.15. The highest BCUT2D eigenvalue weighted by Gasteiger charge is 2.42. The standard InChI is InChI=1S/C26H31NO4/c1-18(2)20-11-13-21(14-12-20)24-23(22(28)15-10-19-8-5-4-6-9-19)25(29)26(30)27(24)16-7-17-31-3/h4-6,8-9,11-14,18,24,29H,7,10,15-17H2,1-3H3. The molecular weight excluding hydrogens is 390 g/mol. The highest BCUT2D eigenvalue weighted by Crippen LogP contribution is 2.38. The molecule has 2 aromatic rings. The van der Waals surface area contributed by atoms with Crippen LogP contribution < -0.4 is 0 Å². The molecule has 0 aliphatic carbocycles. The molecule has 1 amide bonds. The molecule has 0 saturated carbocycles. The Morgan fingerprint density at radius 3 is 2.39 bits per heavy atom. The average molecular weight is 422 g/mol. The number of methoxy groups -OCH3 is 1. The van der Waals surface area contributed by atoms with Crippen LogP contribution in [0.4, 0.5) is 0 Å². The summed E-state index contributed by atoms with van der Waals surface area (Å²) in [7, 11) is 1.61. The number of ether oxygens (including phenoxy) is 1. The lowest BCUT2D eigenvalue weighted by Crippen LogP contribution is -2.32. The fraction of sp³-hybridized carbons (Fsp3) is 0.385. The summed E-state index contributed by atoms with van der Waals surface area (Å²) in [5.74, 6) is -0.722. The molecule has 3 rings (SSSR count). The minimum absolute atomic E-state index is 0.193. The van der Waals surface area contributed by atoms with Crippen LogP contribution in [-0.4, -0.2) is 42.0 Å². The lowest BCUT2D eigenvalue weighted by atomic mass is 9.91. The van der Waals surface area contributed by atoms with E-state index in [2.05, 4.69) is 13.8 Å². The zero-order valence-corrected chi connectivity index (χ0v) is 18.5. The van der Waals surface area contributed by atoms with Crippen molar-refractivity contribution >= 4 is 11.7 Å². The molecule has 1 unspecified atom stereocenters. The van der Waals surface area contributed by atoms with Crippen LogP contribution in [0.1, 0.15) is 55.3 Å². The SMILES string of the molecule is COCCCN1C(=O)C(O)=C(C(=O)CCc2ccccc2)C1c1ccc(C(C)C)cc1. The van der Waals surface area contributed by atoms with Gasteiger partial charge in [0, 0.05) is 26.7 Å². The van der Waals surface area contributed by atoms with Crippen LogP contribution in [0.15, 0.2) is 65.9 Å². The number of carbonyl (C=O) groups excluding carboxylic acids is 2. The van der Waals surface area contributed by atoms with E-state index in [0.29, 0.717) is 31.9 Å². The molecule has 2 aromatic carbocycles.